The van der Waals surface area contributed by atoms with Crippen LogP contribution in [0.25, 0.3) is 0 Å². The number of carbonyl (C=O) groups is 3. The van der Waals surface area contributed by atoms with Crippen LogP contribution in [0, 0.1) is 5.41 Å². The first-order valence-corrected chi connectivity index (χ1v) is 12.6. The van der Waals surface area contributed by atoms with E-state index in [1.54, 1.807) is 70.2 Å². The second-order valence-corrected chi connectivity index (χ2v) is 9.31. The van der Waals surface area contributed by atoms with Crippen LogP contribution in [0.4, 0.5) is 10.5 Å². The molecule has 0 saturated heterocycles. The van der Waals surface area contributed by atoms with Gasteiger partial charge in [-0.05, 0) is 77.1 Å². The second-order valence-electron chi connectivity index (χ2n) is 9.31. The maximum Gasteiger partial charge on any atom is 0.413 e. The van der Waals surface area contributed by atoms with Crippen molar-refractivity contribution in [1.82, 2.24) is 5.32 Å². The Morgan fingerprint density at radius 1 is 0.949 bits per heavy atom. The summed E-state index contributed by atoms with van der Waals surface area (Å²) in [4.78, 5) is 35.5. The van der Waals surface area contributed by atoms with E-state index in [0.717, 1.165) is 0 Å². The molecule has 39 heavy (non-hydrogen) atoms. The SMILES string of the molecule is CCOC(=O)COc1ccc(OCC)cc1C(COC(C)=O)Nc1ccc(C(=N)NC(=O)OC(C)(C)C)cc1. The molecule has 0 aromatic heterocycles. The van der Waals surface area contributed by atoms with Crippen LogP contribution in [-0.4, -0.2) is 55.9 Å². The standard InChI is InChI=1S/C28H37N3O8/c1-7-35-21-13-14-24(38-17-25(33)36-8-2)22(15-21)23(16-37-18(3)32)30-20-11-9-19(10-12-20)26(29)31-27(34)39-28(4,5)6/h9-15,23,30H,7-8,16-17H2,1-6H3,(H2,29,31,34). The number of ether oxygens (including phenoxy) is 5. The number of anilines is 1. The van der Waals surface area contributed by atoms with Gasteiger partial charge in [0.05, 0.1) is 19.3 Å². The largest absolute Gasteiger partial charge is 0.494 e. The first-order valence-electron chi connectivity index (χ1n) is 12.6. The molecule has 0 aliphatic rings. The summed E-state index contributed by atoms with van der Waals surface area (Å²) in [7, 11) is 0. The molecule has 1 amide bonds. The molecule has 0 aliphatic heterocycles. The van der Waals surface area contributed by atoms with Crippen LogP contribution in [0.2, 0.25) is 0 Å². The quantitative estimate of drug-likeness (QED) is 0.151. The van der Waals surface area contributed by atoms with Crippen molar-refractivity contribution in [2.75, 3.05) is 31.7 Å². The van der Waals surface area contributed by atoms with Crippen LogP contribution in [0.1, 0.15) is 58.7 Å². The van der Waals surface area contributed by atoms with Gasteiger partial charge in [0.2, 0.25) is 0 Å². The summed E-state index contributed by atoms with van der Waals surface area (Å²) in [6.07, 6.45) is -0.722. The maximum absolute atomic E-state index is 12.0. The van der Waals surface area contributed by atoms with Crippen LogP contribution in [0.15, 0.2) is 42.5 Å². The van der Waals surface area contributed by atoms with Gasteiger partial charge < -0.3 is 29.0 Å². The minimum atomic E-state index is -0.722. The summed E-state index contributed by atoms with van der Waals surface area (Å²) < 4.78 is 26.8. The van der Waals surface area contributed by atoms with Gasteiger partial charge >= 0.3 is 18.0 Å². The number of alkyl carbamates (subject to hydrolysis) is 1. The minimum Gasteiger partial charge on any atom is -0.494 e. The van der Waals surface area contributed by atoms with Gasteiger partial charge in [0.1, 0.15) is 29.5 Å². The molecule has 0 aliphatic carbocycles. The zero-order chi connectivity index (χ0) is 29.0. The summed E-state index contributed by atoms with van der Waals surface area (Å²) in [6, 6.07) is 11.3. The minimum absolute atomic E-state index is 0.0432. The lowest BCUT2D eigenvalue weighted by Gasteiger charge is -2.23. The Morgan fingerprint density at radius 2 is 1.64 bits per heavy atom. The first kappa shape index (κ1) is 30.9. The molecule has 2 rings (SSSR count). The molecule has 11 nitrogen and oxygen atoms in total. The van der Waals surface area contributed by atoms with Gasteiger partial charge in [-0.15, -0.1) is 0 Å². The zero-order valence-electron chi connectivity index (χ0n) is 23.2. The van der Waals surface area contributed by atoms with E-state index in [9.17, 15) is 14.4 Å². The van der Waals surface area contributed by atoms with E-state index in [2.05, 4.69) is 10.6 Å². The number of rotatable bonds is 12. The molecular formula is C28H37N3O8. The summed E-state index contributed by atoms with van der Waals surface area (Å²) in [5.74, 6) is -0.140. The summed E-state index contributed by atoms with van der Waals surface area (Å²) in [6.45, 7) is 10.4. The van der Waals surface area contributed by atoms with Crippen LogP contribution in [0.3, 0.4) is 0 Å². The molecule has 0 radical (unpaired) electrons. The highest BCUT2D eigenvalue weighted by atomic mass is 16.6. The van der Waals surface area contributed by atoms with Crippen molar-refractivity contribution in [3.8, 4) is 11.5 Å². The highest BCUT2D eigenvalue weighted by Crippen LogP contribution is 2.32. The van der Waals surface area contributed by atoms with Gasteiger partial charge in [-0.25, -0.2) is 9.59 Å². The number of nitrogens with one attached hydrogen (secondary N) is 3. The number of hydrogen-bond acceptors (Lipinski definition) is 10. The molecule has 1 unspecified atom stereocenters. The fourth-order valence-corrected chi connectivity index (χ4v) is 3.35. The molecule has 0 bridgehead atoms. The molecule has 2 aromatic carbocycles. The van der Waals surface area contributed by atoms with Crippen molar-refractivity contribution in [1.29, 1.82) is 5.41 Å². The van der Waals surface area contributed by atoms with Crippen molar-refractivity contribution in [3.63, 3.8) is 0 Å². The van der Waals surface area contributed by atoms with E-state index < -0.39 is 29.7 Å². The normalized spacial score (nSPS) is 11.5. The van der Waals surface area contributed by atoms with Crippen LogP contribution >= 0.6 is 0 Å². The Hall–Kier alpha value is -4.28. The van der Waals surface area contributed by atoms with Gasteiger partial charge in [0, 0.05) is 23.7 Å². The third-order valence-electron chi connectivity index (χ3n) is 4.91. The molecule has 0 fully saturated rings. The second kappa shape index (κ2) is 14.6. The van der Waals surface area contributed by atoms with Crippen LogP contribution in [-0.2, 0) is 23.8 Å². The Kier molecular flexibility index (Phi) is 11.6. The number of amidine groups is 1. The Morgan fingerprint density at radius 3 is 2.23 bits per heavy atom. The first-order chi connectivity index (χ1) is 18.4. The van der Waals surface area contributed by atoms with Crippen molar-refractivity contribution in [2.45, 2.75) is 53.2 Å². The van der Waals surface area contributed by atoms with Crippen molar-refractivity contribution in [2.24, 2.45) is 0 Å². The predicted octanol–water partition coefficient (Wildman–Crippen LogP) is 4.59. The lowest BCUT2D eigenvalue weighted by Crippen LogP contribution is -2.36. The number of carbonyl (C=O) groups excluding carboxylic acids is 3. The van der Waals surface area contributed by atoms with Crippen molar-refractivity contribution in [3.05, 3.63) is 53.6 Å². The lowest BCUT2D eigenvalue weighted by atomic mass is 10.0. The number of benzene rings is 2. The van der Waals surface area contributed by atoms with Gasteiger partial charge in [0.15, 0.2) is 6.61 Å². The monoisotopic (exact) mass is 543 g/mol. The summed E-state index contributed by atoms with van der Waals surface area (Å²) in [5.41, 5.74) is 1.00. The van der Waals surface area contributed by atoms with Gasteiger partial charge in [-0.2, -0.15) is 0 Å². The Labute approximate surface area is 228 Å². The van der Waals surface area contributed by atoms with Crippen LogP contribution < -0.4 is 20.1 Å². The van der Waals surface area contributed by atoms with E-state index in [1.807, 2.05) is 6.92 Å². The molecular weight excluding hydrogens is 506 g/mol. The van der Waals surface area contributed by atoms with E-state index in [-0.39, 0.29) is 25.7 Å². The van der Waals surface area contributed by atoms with E-state index in [4.69, 9.17) is 29.1 Å². The molecule has 3 N–H and O–H groups in total. The third-order valence-corrected chi connectivity index (χ3v) is 4.91. The Balaban J connectivity index is 2.28. The van der Waals surface area contributed by atoms with Gasteiger partial charge in [-0.3, -0.25) is 15.5 Å². The maximum atomic E-state index is 12.0. The van der Waals surface area contributed by atoms with E-state index in [1.165, 1.54) is 6.92 Å². The summed E-state index contributed by atoms with van der Waals surface area (Å²) in [5, 5.41) is 13.9. The van der Waals surface area contributed by atoms with Gasteiger partial charge in [0.25, 0.3) is 0 Å². The van der Waals surface area contributed by atoms with Crippen LogP contribution in [0.5, 0.6) is 11.5 Å². The fourth-order valence-electron chi connectivity index (χ4n) is 3.35. The van der Waals surface area contributed by atoms with E-state index in [0.29, 0.717) is 34.9 Å². The smallest absolute Gasteiger partial charge is 0.413 e. The van der Waals surface area contributed by atoms with Gasteiger partial charge in [-0.1, -0.05) is 0 Å². The molecule has 0 heterocycles. The number of hydrogen-bond donors (Lipinski definition) is 3. The predicted molar refractivity (Wildman–Crippen MR) is 145 cm³/mol. The average Bonchev–Trinajstić information content (AvgIpc) is 2.85. The number of amides is 1. The summed E-state index contributed by atoms with van der Waals surface area (Å²) >= 11 is 0. The van der Waals surface area contributed by atoms with Crippen molar-refractivity contribution < 1.29 is 38.1 Å². The molecule has 1 atom stereocenters. The average molecular weight is 544 g/mol. The Bertz CT molecular complexity index is 1140. The van der Waals surface area contributed by atoms with Crippen molar-refractivity contribution >= 4 is 29.6 Å². The molecule has 212 valence electrons. The molecule has 11 heteroatoms. The van der Waals surface area contributed by atoms with E-state index >= 15 is 0 Å². The third kappa shape index (κ3) is 10.9. The fraction of sp³-hybridized carbons (Fsp3) is 0.429. The highest BCUT2D eigenvalue weighted by molar-refractivity contribution is 6.04. The topological polar surface area (TPSA) is 145 Å². The molecule has 2 aromatic rings. The highest BCUT2D eigenvalue weighted by Gasteiger charge is 2.21. The molecule has 0 saturated carbocycles. The zero-order valence-corrected chi connectivity index (χ0v) is 23.2. The lowest BCUT2D eigenvalue weighted by molar-refractivity contribution is -0.145. The number of esters is 2. The molecule has 0 spiro atoms.